The van der Waals surface area contributed by atoms with Crippen LogP contribution in [0.4, 0.5) is 0 Å². The zero-order valence-corrected chi connectivity index (χ0v) is 12.3. The van der Waals surface area contributed by atoms with Crippen molar-refractivity contribution in [2.75, 3.05) is 13.7 Å². The van der Waals surface area contributed by atoms with Crippen molar-refractivity contribution < 1.29 is 14.6 Å². The summed E-state index contributed by atoms with van der Waals surface area (Å²) < 4.78 is 10.9. The Kier molecular flexibility index (Phi) is 6.67. The van der Waals surface area contributed by atoms with E-state index in [1.807, 2.05) is 25.1 Å². The number of methoxy groups -OCH3 is 1. The molecule has 1 aromatic rings. The molecule has 0 aliphatic rings. The molecule has 1 aromatic carbocycles. The normalized spacial score (nSPS) is 12.5. The fourth-order valence-electron chi connectivity index (χ4n) is 1.57. The number of aliphatic hydroxyl groups is 1. The lowest BCUT2D eigenvalue weighted by atomic mass is 10.2. The number of ether oxygens (including phenoxy) is 2. The van der Waals surface area contributed by atoms with Gasteiger partial charge in [-0.05, 0) is 24.1 Å². The van der Waals surface area contributed by atoms with Crippen molar-refractivity contribution in [1.29, 1.82) is 0 Å². The van der Waals surface area contributed by atoms with Gasteiger partial charge in [0.05, 0.1) is 13.2 Å². The Morgan fingerprint density at radius 2 is 2.00 bits per heavy atom. The largest absolute Gasteiger partial charge is 0.493 e. The summed E-state index contributed by atoms with van der Waals surface area (Å²) in [5, 5.41) is 12.9. The molecule has 0 saturated carbocycles. The second-order valence-electron chi connectivity index (χ2n) is 4.89. The SMILES string of the molecule is CCC(O)COc1cc(CNC(C)C)ccc1OC. The zero-order chi connectivity index (χ0) is 14.3. The van der Waals surface area contributed by atoms with Crippen molar-refractivity contribution in [2.24, 2.45) is 0 Å². The van der Waals surface area contributed by atoms with Crippen LogP contribution < -0.4 is 14.8 Å². The number of hydrogen-bond donors (Lipinski definition) is 2. The van der Waals surface area contributed by atoms with Crippen LogP contribution in [0.1, 0.15) is 32.8 Å². The highest BCUT2D eigenvalue weighted by molar-refractivity contribution is 5.43. The van der Waals surface area contributed by atoms with E-state index >= 15 is 0 Å². The standard InChI is InChI=1S/C15H25NO3/c1-5-13(17)10-19-15-8-12(9-16-11(2)3)6-7-14(15)18-4/h6-8,11,13,16-17H,5,9-10H2,1-4H3. The van der Waals surface area contributed by atoms with Crippen molar-refractivity contribution in [3.05, 3.63) is 23.8 Å². The zero-order valence-electron chi connectivity index (χ0n) is 12.3. The van der Waals surface area contributed by atoms with Crippen LogP contribution in [0.2, 0.25) is 0 Å². The van der Waals surface area contributed by atoms with E-state index in [0.717, 1.165) is 12.1 Å². The van der Waals surface area contributed by atoms with Crippen LogP contribution in [-0.4, -0.2) is 31.0 Å². The monoisotopic (exact) mass is 267 g/mol. The van der Waals surface area contributed by atoms with Crippen LogP contribution in [-0.2, 0) is 6.54 Å². The van der Waals surface area contributed by atoms with Crippen molar-refractivity contribution in [2.45, 2.75) is 45.9 Å². The summed E-state index contributed by atoms with van der Waals surface area (Å²) in [5.74, 6) is 1.37. The number of hydrogen-bond acceptors (Lipinski definition) is 4. The first-order valence-electron chi connectivity index (χ1n) is 6.78. The summed E-state index contributed by atoms with van der Waals surface area (Å²) in [6, 6.07) is 6.30. The molecule has 1 atom stereocenters. The molecular formula is C15H25NO3. The van der Waals surface area contributed by atoms with Gasteiger partial charge in [0.25, 0.3) is 0 Å². The van der Waals surface area contributed by atoms with E-state index < -0.39 is 6.10 Å². The molecule has 0 spiro atoms. The summed E-state index contributed by atoms with van der Waals surface area (Å²) >= 11 is 0. The third-order valence-electron chi connectivity index (χ3n) is 2.84. The van der Waals surface area contributed by atoms with Gasteiger partial charge < -0.3 is 19.9 Å². The molecule has 108 valence electrons. The fourth-order valence-corrected chi connectivity index (χ4v) is 1.57. The maximum Gasteiger partial charge on any atom is 0.161 e. The average molecular weight is 267 g/mol. The molecule has 0 radical (unpaired) electrons. The molecular weight excluding hydrogens is 242 g/mol. The Balaban J connectivity index is 2.72. The van der Waals surface area contributed by atoms with Crippen molar-refractivity contribution >= 4 is 0 Å². The number of rotatable bonds is 8. The maximum atomic E-state index is 9.55. The Morgan fingerprint density at radius 1 is 1.26 bits per heavy atom. The smallest absolute Gasteiger partial charge is 0.161 e. The van der Waals surface area contributed by atoms with Crippen LogP contribution >= 0.6 is 0 Å². The molecule has 0 bridgehead atoms. The van der Waals surface area contributed by atoms with E-state index in [9.17, 15) is 5.11 Å². The molecule has 0 amide bonds. The van der Waals surface area contributed by atoms with E-state index in [4.69, 9.17) is 9.47 Å². The first kappa shape index (κ1) is 15.8. The Hall–Kier alpha value is -1.26. The number of nitrogens with one attached hydrogen (secondary N) is 1. The molecule has 0 aromatic heterocycles. The molecule has 1 rings (SSSR count). The van der Waals surface area contributed by atoms with Crippen LogP contribution in [0.15, 0.2) is 18.2 Å². The lowest BCUT2D eigenvalue weighted by molar-refractivity contribution is 0.102. The highest BCUT2D eigenvalue weighted by atomic mass is 16.5. The van der Waals surface area contributed by atoms with Gasteiger partial charge in [0.15, 0.2) is 11.5 Å². The van der Waals surface area contributed by atoms with E-state index in [1.54, 1.807) is 7.11 Å². The van der Waals surface area contributed by atoms with Gasteiger partial charge >= 0.3 is 0 Å². The molecule has 4 heteroatoms. The lowest BCUT2D eigenvalue weighted by Crippen LogP contribution is -2.22. The van der Waals surface area contributed by atoms with Crippen molar-refractivity contribution in [3.8, 4) is 11.5 Å². The minimum absolute atomic E-state index is 0.286. The predicted octanol–water partition coefficient (Wildman–Crippen LogP) is 2.34. The topological polar surface area (TPSA) is 50.7 Å². The van der Waals surface area contributed by atoms with Gasteiger partial charge in [-0.15, -0.1) is 0 Å². The predicted molar refractivity (Wildman–Crippen MR) is 76.8 cm³/mol. The van der Waals surface area contributed by atoms with Gasteiger partial charge in [-0.1, -0.05) is 26.8 Å². The van der Waals surface area contributed by atoms with E-state index in [2.05, 4.69) is 19.2 Å². The molecule has 19 heavy (non-hydrogen) atoms. The lowest BCUT2D eigenvalue weighted by Gasteiger charge is -2.15. The molecule has 0 aliphatic carbocycles. The van der Waals surface area contributed by atoms with Gasteiger partial charge in [-0.2, -0.15) is 0 Å². The first-order valence-corrected chi connectivity index (χ1v) is 6.78. The second kappa shape index (κ2) is 8.02. The van der Waals surface area contributed by atoms with Crippen LogP contribution in [0.25, 0.3) is 0 Å². The van der Waals surface area contributed by atoms with E-state index in [0.29, 0.717) is 24.0 Å². The molecule has 0 aliphatic heterocycles. The van der Waals surface area contributed by atoms with Gasteiger partial charge in [-0.25, -0.2) is 0 Å². The van der Waals surface area contributed by atoms with Crippen LogP contribution in [0, 0.1) is 0 Å². The molecule has 1 unspecified atom stereocenters. The summed E-state index contributed by atoms with van der Waals surface area (Å²) in [5.41, 5.74) is 1.13. The molecule has 0 fully saturated rings. The summed E-state index contributed by atoms with van der Waals surface area (Å²) in [7, 11) is 1.62. The van der Waals surface area contributed by atoms with Gasteiger partial charge in [0, 0.05) is 12.6 Å². The minimum Gasteiger partial charge on any atom is -0.493 e. The Bertz CT molecular complexity index is 380. The molecule has 0 saturated heterocycles. The maximum absolute atomic E-state index is 9.55. The Morgan fingerprint density at radius 3 is 2.58 bits per heavy atom. The van der Waals surface area contributed by atoms with Crippen molar-refractivity contribution in [1.82, 2.24) is 5.32 Å². The van der Waals surface area contributed by atoms with Gasteiger partial charge in [-0.3, -0.25) is 0 Å². The fraction of sp³-hybridized carbons (Fsp3) is 0.600. The van der Waals surface area contributed by atoms with E-state index in [-0.39, 0.29) is 6.61 Å². The third-order valence-corrected chi connectivity index (χ3v) is 2.84. The molecule has 2 N–H and O–H groups in total. The molecule has 0 heterocycles. The highest BCUT2D eigenvalue weighted by Gasteiger charge is 2.08. The van der Waals surface area contributed by atoms with Crippen LogP contribution in [0.3, 0.4) is 0 Å². The second-order valence-corrected chi connectivity index (χ2v) is 4.89. The quantitative estimate of drug-likeness (QED) is 0.759. The average Bonchev–Trinajstić information content (AvgIpc) is 2.42. The number of aliphatic hydroxyl groups excluding tert-OH is 1. The highest BCUT2D eigenvalue weighted by Crippen LogP contribution is 2.28. The van der Waals surface area contributed by atoms with E-state index in [1.165, 1.54) is 0 Å². The van der Waals surface area contributed by atoms with Crippen LogP contribution in [0.5, 0.6) is 11.5 Å². The van der Waals surface area contributed by atoms with Gasteiger partial charge in [0.1, 0.15) is 6.61 Å². The number of benzene rings is 1. The minimum atomic E-state index is -0.442. The summed E-state index contributed by atoms with van der Waals surface area (Å²) in [6.07, 6.45) is 0.235. The molecule has 4 nitrogen and oxygen atoms in total. The van der Waals surface area contributed by atoms with Gasteiger partial charge in [0.2, 0.25) is 0 Å². The summed E-state index contributed by atoms with van der Waals surface area (Å²) in [4.78, 5) is 0. The van der Waals surface area contributed by atoms with Crippen molar-refractivity contribution in [3.63, 3.8) is 0 Å². The third kappa shape index (κ3) is 5.49. The Labute approximate surface area is 115 Å². The first-order chi connectivity index (χ1) is 9.06. The summed E-state index contributed by atoms with van der Waals surface area (Å²) in [6.45, 7) is 7.22.